The number of benzene rings is 6. The van der Waals surface area contributed by atoms with Crippen LogP contribution in [0.4, 0.5) is 0 Å². The van der Waals surface area contributed by atoms with E-state index in [1.165, 1.54) is 61.0 Å². The molecule has 0 amide bonds. The third-order valence-corrected chi connectivity index (χ3v) is 15.5. The summed E-state index contributed by atoms with van der Waals surface area (Å²) in [5.74, 6) is 2.36. The standard InChI is InChI=1S/C71H80N5O/c1-66(2,3)47-30-32-72-63(41-47)76-60-26-20-19-25-56(60)57-29-28-55(43-62(57)76)77-54-24-21-23-53(42-54)74-44-75(65-61(74)27-22-31-73-65)64-58(45-33-48(67(4,5)6)37-49(34-45)68(7,8)9)39-52(71(16,17)18)40-59(64)46-35-50(69(10,11)12)38-51(36-46)70(13,14)15/h19-44H,1-18H3/q+1. The predicted molar refractivity (Wildman–Crippen MR) is 324 cm³/mol. The molecule has 0 spiro atoms. The molecule has 0 aliphatic heterocycles. The van der Waals surface area contributed by atoms with Gasteiger partial charge in [-0.2, -0.15) is 4.57 Å². The van der Waals surface area contributed by atoms with Gasteiger partial charge in [0, 0.05) is 40.2 Å². The van der Waals surface area contributed by atoms with E-state index in [2.05, 4.69) is 272 Å². The highest BCUT2D eigenvalue weighted by Gasteiger charge is 2.31. The van der Waals surface area contributed by atoms with E-state index < -0.39 is 0 Å². The van der Waals surface area contributed by atoms with Crippen LogP contribution in [0.5, 0.6) is 11.5 Å². The Morgan fingerprint density at radius 3 is 1.45 bits per heavy atom. The van der Waals surface area contributed by atoms with Crippen molar-refractivity contribution in [3.8, 4) is 50.9 Å². The number of hydrogen-bond acceptors (Lipinski definition) is 3. The number of rotatable bonds is 7. The number of nitrogens with zero attached hydrogens (tertiary/aromatic N) is 5. The van der Waals surface area contributed by atoms with Crippen LogP contribution in [-0.2, 0) is 32.5 Å². The minimum atomic E-state index is -0.155. The van der Waals surface area contributed by atoms with E-state index >= 15 is 0 Å². The number of imidazole rings is 1. The molecule has 0 saturated carbocycles. The Balaban J connectivity index is 1.20. The van der Waals surface area contributed by atoms with Crippen LogP contribution < -0.4 is 9.30 Å². The van der Waals surface area contributed by atoms with Crippen LogP contribution in [-0.4, -0.2) is 19.1 Å². The van der Waals surface area contributed by atoms with Gasteiger partial charge in [0.2, 0.25) is 6.33 Å². The second-order valence-corrected chi connectivity index (χ2v) is 27.8. The van der Waals surface area contributed by atoms with E-state index in [1.54, 1.807) is 0 Å². The van der Waals surface area contributed by atoms with Gasteiger partial charge in [-0.05, 0) is 144 Å². The van der Waals surface area contributed by atoms with Gasteiger partial charge in [-0.25, -0.2) is 9.55 Å². The molecule has 0 aliphatic rings. The molecule has 0 radical (unpaired) electrons. The van der Waals surface area contributed by atoms with Gasteiger partial charge in [0.15, 0.2) is 5.52 Å². The SMILES string of the molecule is CC(C)(C)c1cc(-c2cc(C(C)(C)C)cc(-c3cc(C(C)(C)C)cc(C(C)(C)C)c3)c2-[n+]2cn(-c3cccc(Oc4ccc5c6ccccc6n(-c6cc(C(C)(C)C)ccn6)c5c4)c3)c3cccnc32)cc(C(C)(C)C)c1. The topological polar surface area (TPSA) is 48.8 Å². The molecule has 6 heteroatoms. The largest absolute Gasteiger partial charge is 0.457 e. The highest BCUT2D eigenvalue weighted by atomic mass is 16.5. The summed E-state index contributed by atoms with van der Waals surface area (Å²) in [6.45, 7) is 41.7. The fourth-order valence-electron chi connectivity index (χ4n) is 10.5. The lowest BCUT2D eigenvalue weighted by Crippen LogP contribution is -2.32. The van der Waals surface area contributed by atoms with Crippen LogP contribution in [0.1, 0.15) is 158 Å². The Morgan fingerprint density at radius 2 is 0.896 bits per heavy atom. The zero-order chi connectivity index (χ0) is 55.4. The number of para-hydroxylation sites is 1. The normalized spacial score (nSPS) is 13.1. The summed E-state index contributed by atoms with van der Waals surface area (Å²) in [6, 6.07) is 51.5. The molecule has 4 aromatic heterocycles. The Labute approximate surface area is 458 Å². The van der Waals surface area contributed by atoms with Gasteiger partial charge in [-0.15, -0.1) is 4.98 Å². The Bertz CT molecular complexity index is 3730. The molecule has 6 nitrogen and oxygen atoms in total. The van der Waals surface area contributed by atoms with Crippen LogP contribution in [0.3, 0.4) is 0 Å². The van der Waals surface area contributed by atoms with Gasteiger partial charge in [0.05, 0.1) is 11.0 Å². The van der Waals surface area contributed by atoms with Crippen molar-refractivity contribution in [2.24, 2.45) is 0 Å². The van der Waals surface area contributed by atoms with E-state index in [4.69, 9.17) is 14.7 Å². The summed E-state index contributed by atoms with van der Waals surface area (Å²) in [5, 5.41) is 2.32. The van der Waals surface area contributed by atoms with Gasteiger partial charge in [-0.1, -0.05) is 185 Å². The molecule has 77 heavy (non-hydrogen) atoms. The maximum atomic E-state index is 6.90. The zero-order valence-electron chi connectivity index (χ0n) is 49.2. The minimum Gasteiger partial charge on any atom is -0.457 e. The highest BCUT2D eigenvalue weighted by Crippen LogP contribution is 2.44. The molecule has 0 bridgehead atoms. The summed E-state index contributed by atoms with van der Waals surface area (Å²) < 4.78 is 13.8. The van der Waals surface area contributed by atoms with E-state index in [9.17, 15) is 0 Å². The van der Waals surface area contributed by atoms with Crippen molar-refractivity contribution in [1.82, 2.24) is 19.1 Å². The van der Waals surface area contributed by atoms with Gasteiger partial charge in [-0.3, -0.25) is 4.57 Å². The third kappa shape index (κ3) is 10.4. The molecule has 10 rings (SSSR count). The van der Waals surface area contributed by atoms with Crippen LogP contribution in [0.2, 0.25) is 0 Å². The van der Waals surface area contributed by atoms with Crippen molar-refractivity contribution in [1.29, 1.82) is 0 Å². The first-order valence-electron chi connectivity index (χ1n) is 27.6. The highest BCUT2D eigenvalue weighted by molar-refractivity contribution is 6.09. The average molecular weight is 1020 g/mol. The van der Waals surface area contributed by atoms with E-state index in [0.717, 1.165) is 56.3 Å². The molecule has 10 aromatic rings. The number of pyridine rings is 2. The maximum Gasteiger partial charge on any atom is 0.307 e. The quantitative estimate of drug-likeness (QED) is 0.150. The molecule has 0 aliphatic carbocycles. The van der Waals surface area contributed by atoms with Gasteiger partial charge >= 0.3 is 5.65 Å². The molecular weight excluding hydrogens is 939 g/mol. The number of aromatic nitrogens is 5. The summed E-state index contributed by atoms with van der Waals surface area (Å²) in [4.78, 5) is 10.2. The van der Waals surface area contributed by atoms with Crippen molar-refractivity contribution in [2.45, 2.75) is 157 Å². The Morgan fingerprint density at radius 1 is 0.390 bits per heavy atom. The first-order valence-corrected chi connectivity index (χ1v) is 27.6. The molecule has 0 fully saturated rings. The molecular formula is C71H80N5O+. The number of ether oxygens (including phenoxy) is 1. The van der Waals surface area contributed by atoms with Crippen molar-refractivity contribution in [3.05, 3.63) is 192 Å². The number of hydrogen-bond donors (Lipinski definition) is 0. The van der Waals surface area contributed by atoms with Crippen molar-refractivity contribution >= 4 is 33.0 Å². The summed E-state index contributed by atoms with van der Waals surface area (Å²) >= 11 is 0. The average Bonchev–Trinajstić information content (AvgIpc) is 4.12. The van der Waals surface area contributed by atoms with Crippen LogP contribution in [0.15, 0.2) is 158 Å². The lowest BCUT2D eigenvalue weighted by Gasteiger charge is -2.29. The Kier molecular flexibility index (Phi) is 12.9. The summed E-state index contributed by atoms with van der Waals surface area (Å²) in [6.07, 6.45) is 6.09. The Hall–Kier alpha value is -7.31. The minimum absolute atomic E-state index is 0.0278. The second kappa shape index (κ2) is 18.7. The number of fused-ring (bicyclic) bond motifs is 4. The smallest absolute Gasteiger partial charge is 0.307 e. The second-order valence-electron chi connectivity index (χ2n) is 27.8. The van der Waals surface area contributed by atoms with Crippen LogP contribution in [0.25, 0.3) is 72.4 Å². The van der Waals surface area contributed by atoms with Crippen molar-refractivity contribution in [2.75, 3.05) is 0 Å². The molecule has 394 valence electrons. The third-order valence-electron chi connectivity index (χ3n) is 15.5. The molecule has 0 unspecified atom stereocenters. The molecule has 0 saturated heterocycles. The van der Waals surface area contributed by atoms with Gasteiger partial charge in [0.1, 0.15) is 34.9 Å². The molecule has 0 N–H and O–H groups in total. The fourth-order valence-corrected chi connectivity index (χ4v) is 10.5. The van der Waals surface area contributed by atoms with Crippen molar-refractivity contribution in [3.63, 3.8) is 0 Å². The lowest BCUT2D eigenvalue weighted by molar-refractivity contribution is -0.568. The maximum absolute atomic E-state index is 6.90. The molecule has 0 atom stereocenters. The summed E-state index contributed by atoms with van der Waals surface area (Å²) in [5.41, 5.74) is 18.0. The van der Waals surface area contributed by atoms with Crippen LogP contribution >= 0.6 is 0 Å². The fraction of sp³-hybridized carbons (Fsp3) is 0.338. The first-order chi connectivity index (χ1) is 35.9. The monoisotopic (exact) mass is 1020 g/mol. The van der Waals surface area contributed by atoms with E-state index in [-0.39, 0.29) is 32.5 Å². The molecule has 4 heterocycles. The van der Waals surface area contributed by atoms with Crippen LogP contribution in [0, 0.1) is 0 Å². The van der Waals surface area contributed by atoms with E-state index in [0.29, 0.717) is 0 Å². The molecule has 6 aromatic carbocycles. The predicted octanol–water partition coefficient (Wildman–Crippen LogP) is 18.7. The van der Waals surface area contributed by atoms with E-state index in [1.807, 2.05) is 24.5 Å². The summed E-state index contributed by atoms with van der Waals surface area (Å²) in [7, 11) is 0. The lowest BCUT2D eigenvalue weighted by atomic mass is 9.76. The van der Waals surface area contributed by atoms with Gasteiger partial charge < -0.3 is 4.74 Å². The first kappa shape index (κ1) is 53.1. The van der Waals surface area contributed by atoms with Crippen molar-refractivity contribution < 1.29 is 9.30 Å². The van der Waals surface area contributed by atoms with Gasteiger partial charge in [0.25, 0.3) is 0 Å². The zero-order valence-corrected chi connectivity index (χ0v) is 49.2.